The van der Waals surface area contributed by atoms with E-state index in [-0.39, 0.29) is 5.76 Å². The average Bonchev–Trinajstić information content (AvgIpc) is 2.89. The standard InChI is InChI=1S/C12H17NO4/c1-8-9(6-11(16-8)12(14)15)7-13-17-10-4-2-3-5-10/h6,10,13H,2-5,7H2,1H3,(H,14,15). The number of rotatable bonds is 5. The van der Waals surface area contributed by atoms with Gasteiger partial charge in [0.1, 0.15) is 5.76 Å². The van der Waals surface area contributed by atoms with Crippen LogP contribution in [0.4, 0.5) is 0 Å². The number of carbonyl (C=O) groups is 1. The van der Waals surface area contributed by atoms with E-state index in [1.807, 2.05) is 0 Å². The molecule has 0 aliphatic heterocycles. The number of aryl methyl sites for hydroxylation is 1. The first-order valence-corrected chi connectivity index (χ1v) is 5.88. The minimum atomic E-state index is -1.05. The van der Waals surface area contributed by atoms with Gasteiger partial charge in [-0.2, -0.15) is 5.48 Å². The van der Waals surface area contributed by atoms with Gasteiger partial charge >= 0.3 is 5.97 Å². The van der Waals surface area contributed by atoms with Gasteiger partial charge < -0.3 is 9.52 Å². The number of hydroxylamine groups is 1. The molecule has 0 aromatic carbocycles. The van der Waals surface area contributed by atoms with Crippen molar-refractivity contribution in [2.45, 2.75) is 45.3 Å². The molecule has 1 aromatic heterocycles. The number of nitrogens with one attached hydrogen (secondary N) is 1. The highest BCUT2D eigenvalue weighted by Gasteiger charge is 2.16. The summed E-state index contributed by atoms with van der Waals surface area (Å²) in [6.07, 6.45) is 4.93. The van der Waals surface area contributed by atoms with Gasteiger partial charge in [0.15, 0.2) is 0 Å². The van der Waals surface area contributed by atoms with Crippen LogP contribution in [0.1, 0.15) is 47.6 Å². The first-order chi connectivity index (χ1) is 8.16. The molecule has 5 nitrogen and oxygen atoms in total. The topological polar surface area (TPSA) is 71.7 Å². The molecular weight excluding hydrogens is 222 g/mol. The Balaban J connectivity index is 1.83. The predicted octanol–water partition coefficient (Wildman–Crippen LogP) is 2.25. The van der Waals surface area contributed by atoms with Gasteiger partial charge in [0, 0.05) is 12.1 Å². The highest BCUT2D eigenvalue weighted by Crippen LogP contribution is 2.20. The van der Waals surface area contributed by atoms with Crippen LogP contribution < -0.4 is 5.48 Å². The van der Waals surface area contributed by atoms with Crippen molar-refractivity contribution in [2.24, 2.45) is 0 Å². The lowest BCUT2D eigenvalue weighted by molar-refractivity contribution is -0.0245. The molecule has 17 heavy (non-hydrogen) atoms. The molecule has 1 saturated carbocycles. The van der Waals surface area contributed by atoms with Crippen molar-refractivity contribution in [3.05, 3.63) is 23.2 Å². The van der Waals surface area contributed by atoms with E-state index in [2.05, 4.69) is 5.48 Å². The second kappa shape index (κ2) is 5.33. The van der Waals surface area contributed by atoms with Crippen LogP contribution in [-0.4, -0.2) is 17.2 Å². The molecule has 0 spiro atoms. The minimum absolute atomic E-state index is 0.0276. The van der Waals surface area contributed by atoms with Gasteiger partial charge in [0.05, 0.1) is 6.10 Å². The Morgan fingerprint density at radius 3 is 2.88 bits per heavy atom. The lowest BCUT2D eigenvalue weighted by atomic mass is 10.2. The highest BCUT2D eigenvalue weighted by molar-refractivity contribution is 5.84. The predicted molar refractivity (Wildman–Crippen MR) is 60.6 cm³/mol. The third kappa shape index (κ3) is 3.08. The van der Waals surface area contributed by atoms with Crippen LogP contribution in [0.3, 0.4) is 0 Å². The second-order valence-corrected chi connectivity index (χ2v) is 4.34. The molecule has 0 bridgehead atoms. The molecular formula is C12H17NO4. The summed E-state index contributed by atoms with van der Waals surface area (Å²) in [5.41, 5.74) is 3.70. The Kier molecular flexibility index (Phi) is 3.81. The molecule has 1 aromatic rings. The fraction of sp³-hybridized carbons (Fsp3) is 0.583. The Bertz CT molecular complexity index is 393. The van der Waals surface area contributed by atoms with Crippen LogP contribution in [0.25, 0.3) is 0 Å². The zero-order valence-corrected chi connectivity index (χ0v) is 9.86. The summed E-state index contributed by atoms with van der Waals surface area (Å²) >= 11 is 0. The summed E-state index contributed by atoms with van der Waals surface area (Å²) in [5, 5.41) is 8.78. The zero-order valence-electron chi connectivity index (χ0n) is 9.86. The van der Waals surface area contributed by atoms with Crippen LogP contribution in [0.2, 0.25) is 0 Å². The molecule has 1 fully saturated rings. The Morgan fingerprint density at radius 2 is 2.29 bits per heavy atom. The summed E-state index contributed by atoms with van der Waals surface area (Å²) < 4.78 is 5.10. The molecule has 2 rings (SSSR count). The van der Waals surface area contributed by atoms with Crippen molar-refractivity contribution in [3.8, 4) is 0 Å². The van der Waals surface area contributed by atoms with E-state index in [9.17, 15) is 4.79 Å². The summed E-state index contributed by atoms with van der Waals surface area (Å²) in [6, 6.07) is 1.53. The van der Waals surface area contributed by atoms with Crippen LogP contribution in [0.5, 0.6) is 0 Å². The van der Waals surface area contributed by atoms with E-state index in [0.717, 1.165) is 18.4 Å². The van der Waals surface area contributed by atoms with Crippen LogP contribution in [-0.2, 0) is 11.4 Å². The largest absolute Gasteiger partial charge is 0.475 e. The maximum absolute atomic E-state index is 10.7. The SMILES string of the molecule is Cc1oc(C(=O)O)cc1CNOC1CCCC1. The van der Waals surface area contributed by atoms with E-state index >= 15 is 0 Å². The fourth-order valence-electron chi connectivity index (χ4n) is 2.04. The fourth-order valence-corrected chi connectivity index (χ4v) is 2.04. The number of carboxylic acid groups (broad SMARTS) is 1. The first-order valence-electron chi connectivity index (χ1n) is 5.88. The van der Waals surface area contributed by atoms with Crippen molar-refractivity contribution in [3.63, 3.8) is 0 Å². The van der Waals surface area contributed by atoms with E-state index in [4.69, 9.17) is 14.4 Å². The minimum Gasteiger partial charge on any atom is -0.475 e. The van der Waals surface area contributed by atoms with Gasteiger partial charge in [-0.3, -0.25) is 4.84 Å². The van der Waals surface area contributed by atoms with Crippen LogP contribution in [0.15, 0.2) is 10.5 Å². The third-order valence-corrected chi connectivity index (χ3v) is 3.05. The molecule has 1 aliphatic rings. The normalized spacial score (nSPS) is 16.5. The summed E-state index contributed by atoms with van der Waals surface area (Å²) in [4.78, 5) is 16.2. The molecule has 1 heterocycles. The zero-order chi connectivity index (χ0) is 12.3. The van der Waals surface area contributed by atoms with Crippen molar-refractivity contribution in [1.29, 1.82) is 0 Å². The molecule has 0 amide bonds. The van der Waals surface area contributed by atoms with Crippen molar-refractivity contribution < 1.29 is 19.2 Å². The van der Waals surface area contributed by atoms with Crippen LogP contribution in [0, 0.1) is 6.92 Å². The van der Waals surface area contributed by atoms with Crippen molar-refractivity contribution >= 4 is 5.97 Å². The van der Waals surface area contributed by atoms with Gasteiger partial charge in [-0.05, 0) is 25.8 Å². The summed E-state index contributed by atoms with van der Waals surface area (Å²) in [6.45, 7) is 2.22. The highest BCUT2D eigenvalue weighted by atomic mass is 16.7. The number of hydrogen-bond donors (Lipinski definition) is 2. The molecule has 0 saturated heterocycles. The van der Waals surface area contributed by atoms with Crippen molar-refractivity contribution in [1.82, 2.24) is 5.48 Å². The monoisotopic (exact) mass is 239 g/mol. The van der Waals surface area contributed by atoms with E-state index in [0.29, 0.717) is 18.4 Å². The number of hydrogen-bond acceptors (Lipinski definition) is 4. The van der Waals surface area contributed by atoms with Gasteiger partial charge in [-0.15, -0.1) is 0 Å². The average molecular weight is 239 g/mol. The quantitative estimate of drug-likeness (QED) is 0.771. The first kappa shape index (κ1) is 12.1. The van der Waals surface area contributed by atoms with Gasteiger partial charge in [0.2, 0.25) is 5.76 Å². The van der Waals surface area contributed by atoms with E-state index in [1.54, 1.807) is 6.92 Å². The molecule has 0 unspecified atom stereocenters. The lowest BCUT2D eigenvalue weighted by Gasteiger charge is -2.10. The number of furan rings is 1. The number of aromatic carboxylic acids is 1. The number of carboxylic acids is 1. The lowest BCUT2D eigenvalue weighted by Crippen LogP contribution is -2.21. The Morgan fingerprint density at radius 1 is 1.59 bits per heavy atom. The molecule has 5 heteroatoms. The Labute approximate surface area is 99.7 Å². The molecule has 94 valence electrons. The van der Waals surface area contributed by atoms with E-state index < -0.39 is 5.97 Å². The van der Waals surface area contributed by atoms with Crippen LogP contribution >= 0.6 is 0 Å². The molecule has 1 aliphatic carbocycles. The molecule has 0 radical (unpaired) electrons. The van der Waals surface area contributed by atoms with Gasteiger partial charge in [0.25, 0.3) is 0 Å². The maximum atomic E-state index is 10.7. The molecule has 0 atom stereocenters. The smallest absolute Gasteiger partial charge is 0.371 e. The second-order valence-electron chi connectivity index (χ2n) is 4.34. The Hall–Kier alpha value is -1.33. The summed E-state index contributed by atoms with van der Waals surface area (Å²) in [5.74, 6) is -0.457. The maximum Gasteiger partial charge on any atom is 0.371 e. The van der Waals surface area contributed by atoms with Gasteiger partial charge in [-0.1, -0.05) is 12.8 Å². The summed E-state index contributed by atoms with van der Waals surface area (Å²) in [7, 11) is 0. The van der Waals surface area contributed by atoms with E-state index in [1.165, 1.54) is 18.9 Å². The third-order valence-electron chi connectivity index (χ3n) is 3.05. The van der Waals surface area contributed by atoms with Gasteiger partial charge in [-0.25, -0.2) is 4.79 Å². The molecule has 2 N–H and O–H groups in total. The van der Waals surface area contributed by atoms with Crippen molar-refractivity contribution in [2.75, 3.05) is 0 Å².